The number of ether oxygens (including phenoxy) is 3. The normalized spacial score (nSPS) is 42.4. The van der Waals surface area contributed by atoms with Crippen LogP contribution in [0.4, 0.5) is 35.1 Å². The molecule has 6 atom stereocenters. The Hall–Kier alpha value is -1.46. The van der Waals surface area contributed by atoms with Crippen molar-refractivity contribution in [1.82, 2.24) is 0 Å². The molecule has 0 spiro atoms. The molecule has 2 fully saturated rings. The van der Waals surface area contributed by atoms with E-state index in [9.17, 15) is 35.1 Å². The fraction of sp³-hybridized carbons (Fsp3) is 0.760. The number of halogens is 8. The molecule has 1 aliphatic heterocycles. The molecule has 1 saturated heterocycles. The fourth-order valence-electron chi connectivity index (χ4n) is 5.37. The van der Waals surface area contributed by atoms with Gasteiger partial charge in [0.05, 0.1) is 19.3 Å². The summed E-state index contributed by atoms with van der Waals surface area (Å²) in [6, 6.07) is 0. The highest BCUT2D eigenvalue weighted by Crippen LogP contribution is 2.46. The van der Waals surface area contributed by atoms with Gasteiger partial charge in [-0.3, -0.25) is 0 Å². The molecular weight excluding hydrogens is 500 g/mol. The van der Waals surface area contributed by atoms with Crippen LogP contribution < -0.4 is 0 Å². The maximum absolute atomic E-state index is 14.9. The molecule has 204 valence electrons. The highest BCUT2D eigenvalue weighted by Gasteiger charge is 2.56. The maximum atomic E-state index is 14.9. The van der Waals surface area contributed by atoms with Crippen LogP contribution in [0.3, 0.4) is 0 Å². The molecule has 36 heavy (non-hydrogen) atoms. The van der Waals surface area contributed by atoms with Crippen LogP contribution >= 0.6 is 0 Å². The summed E-state index contributed by atoms with van der Waals surface area (Å²) in [5.74, 6) is -6.47. The van der Waals surface area contributed by atoms with Gasteiger partial charge in [-0.2, -0.15) is 8.78 Å². The van der Waals surface area contributed by atoms with Gasteiger partial charge in [0, 0.05) is 17.8 Å². The van der Waals surface area contributed by atoms with Crippen molar-refractivity contribution < 1.29 is 49.3 Å². The molecule has 0 bridgehead atoms. The summed E-state index contributed by atoms with van der Waals surface area (Å²) in [4.78, 5) is 0. The van der Waals surface area contributed by atoms with E-state index in [1.165, 1.54) is 0 Å². The zero-order valence-electron chi connectivity index (χ0n) is 19.7. The Kier molecular flexibility index (Phi) is 8.51. The first-order valence-electron chi connectivity index (χ1n) is 12.3. The number of hydrogen-bond donors (Lipinski definition) is 0. The van der Waals surface area contributed by atoms with Gasteiger partial charge in [-0.05, 0) is 55.9 Å². The van der Waals surface area contributed by atoms with Crippen molar-refractivity contribution in [1.29, 1.82) is 0 Å². The molecule has 1 heterocycles. The Labute approximate surface area is 204 Å². The van der Waals surface area contributed by atoms with Crippen LogP contribution in [0.1, 0.15) is 39.0 Å². The van der Waals surface area contributed by atoms with Gasteiger partial charge in [-0.25, -0.2) is 26.3 Å². The summed E-state index contributed by atoms with van der Waals surface area (Å²) in [5.41, 5.74) is -0.142. The molecule has 0 aromatic heterocycles. The first kappa shape index (κ1) is 27.6. The monoisotopic (exact) mass is 530 g/mol. The van der Waals surface area contributed by atoms with E-state index in [0.29, 0.717) is 25.4 Å². The molecule has 0 aromatic carbocycles. The van der Waals surface area contributed by atoms with Crippen molar-refractivity contribution in [3.05, 3.63) is 35.5 Å². The predicted octanol–water partition coefficient (Wildman–Crippen LogP) is 6.80. The number of rotatable bonds is 6. The summed E-state index contributed by atoms with van der Waals surface area (Å²) >= 11 is 0. The predicted molar refractivity (Wildman–Crippen MR) is 114 cm³/mol. The van der Waals surface area contributed by atoms with Gasteiger partial charge in [-0.1, -0.05) is 6.92 Å². The highest BCUT2D eigenvalue weighted by atomic mass is 19.3. The standard InChI is InChI=1S/C25H30F8O3/c1-2-12-10-34-24(35-11-12)14-7-18(27)22(19(28)8-14)25(32,33)36-15-3-4-16(17(26)9-15)13-5-20(29)23(31)21(30)6-13/h5-6,9,12,14-16,18-20,22-24H,2-4,7-8,10-11H2,1H3/t12?,14?,15-,16?,18?,19?,20?,22?,23+,24?/m1/s1. The molecule has 0 radical (unpaired) electrons. The van der Waals surface area contributed by atoms with Crippen LogP contribution in [0, 0.1) is 23.7 Å². The van der Waals surface area contributed by atoms with E-state index in [1.54, 1.807) is 0 Å². The quantitative estimate of drug-likeness (QED) is 0.354. The van der Waals surface area contributed by atoms with E-state index >= 15 is 0 Å². The molecule has 4 unspecified atom stereocenters. The number of allylic oxidation sites excluding steroid dienone is 5. The Bertz CT molecular complexity index is 857. The van der Waals surface area contributed by atoms with Crippen LogP contribution in [0.25, 0.3) is 0 Å². The molecule has 4 aliphatic rings. The molecule has 11 heteroatoms. The average Bonchev–Trinajstić information content (AvgIpc) is 2.81. The molecule has 1 saturated carbocycles. The summed E-state index contributed by atoms with van der Waals surface area (Å²) in [6.45, 7) is 2.70. The van der Waals surface area contributed by atoms with Crippen LogP contribution in [0.5, 0.6) is 0 Å². The van der Waals surface area contributed by atoms with Crippen molar-refractivity contribution in [2.75, 3.05) is 13.2 Å². The number of alkyl halides is 6. The van der Waals surface area contributed by atoms with Gasteiger partial charge < -0.3 is 14.2 Å². The largest absolute Gasteiger partial charge is 0.364 e. The molecule has 3 aliphatic carbocycles. The second-order valence-electron chi connectivity index (χ2n) is 10.0. The van der Waals surface area contributed by atoms with E-state index in [1.807, 2.05) is 6.92 Å². The smallest absolute Gasteiger partial charge is 0.352 e. The first-order valence-corrected chi connectivity index (χ1v) is 12.3. The third-order valence-corrected chi connectivity index (χ3v) is 7.51. The summed E-state index contributed by atoms with van der Waals surface area (Å²) in [6.07, 6.45) is -14.0. The maximum Gasteiger partial charge on any atom is 0.364 e. The first-order chi connectivity index (χ1) is 17.0. The van der Waals surface area contributed by atoms with Gasteiger partial charge in [0.15, 0.2) is 18.6 Å². The lowest BCUT2D eigenvalue weighted by molar-refractivity contribution is -0.317. The zero-order chi connectivity index (χ0) is 26.2. The van der Waals surface area contributed by atoms with Crippen molar-refractivity contribution in [2.24, 2.45) is 23.7 Å². The molecule has 0 amide bonds. The molecule has 0 aromatic rings. The van der Waals surface area contributed by atoms with E-state index in [-0.39, 0.29) is 24.3 Å². The SMILES string of the molecule is CCC1COC(C2CC(F)C(C(F)(F)O[C@H]3C=C(F)C(C4=CC(F)[C@H](F)C(F)=C4)CC3)C(F)C2)OC1. The zero-order valence-corrected chi connectivity index (χ0v) is 19.7. The fourth-order valence-corrected chi connectivity index (χ4v) is 5.37. The van der Waals surface area contributed by atoms with Crippen LogP contribution in [-0.4, -0.2) is 56.4 Å². The lowest BCUT2D eigenvalue weighted by Crippen LogP contribution is -2.52. The van der Waals surface area contributed by atoms with Gasteiger partial charge in [0.25, 0.3) is 0 Å². The van der Waals surface area contributed by atoms with Crippen molar-refractivity contribution >= 4 is 0 Å². The van der Waals surface area contributed by atoms with Gasteiger partial charge in [-0.15, -0.1) is 0 Å². The van der Waals surface area contributed by atoms with Gasteiger partial charge in [0.1, 0.15) is 29.9 Å². The van der Waals surface area contributed by atoms with Gasteiger partial charge >= 0.3 is 6.11 Å². The van der Waals surface area contributed by atoms with Gasteiger partial charge in [0.2, 0.25) is 0 Å². The van der Waals surface area contributed by atoms with E-state index < -0.39 is 85.4 Å². The number of hydrogen-bond acceptors (Lipinski definition) is 3. The summed E-state index contributed by atoms with van der Waals surface area (Å²) in [7, 11) is 0. The van der Waals surface area contributed by atoms with Crippen molar-refractivity contribution in [3.8, 4) is 0 Å². The Morgan fingerprint density at radius 3 is 2.14 bits per heavy atom. The Morgan fingerprint density at radius 1 is 0.944 bits per heavy atom. The lowest BCUT2D eigenvalue weighted by Gasteiger charge is -2.42. The lowest BCUT2D eigenvalue weighted by atomic mass is 9.77. The van der Waals surface area contributed by atoms with Crippen molar-refractivity contribution in [2.45, 2.75) is 82.2 Å². The van der Waals surface area contributed by atoms with Crippen molar-refractivity contribution in [3.63, 3.8) is 0 Å². The van der Waals surface area contributed by atoms with Crippen LogP contribution in [0.15, 0.2) is 35.5 Å². The molecule has 4 rings (SSSR count). The second-order valence-corrected chi connectivity index (χ2v) is 10.0. The average molecular weight is 530 g/mol. The van der Waals surface area contributed by atoms with E-state index in [4.69, 9.17) is 14.2 Å². The molecule has 0 N–H and O–H groups in total. The van der Waals surface area contributed by atoms with E-state index in [2.05, 4.69) is 0 Å². The van der Waals surface area contributed by atoms with E-state index in [0.717, 1.165) is 12.5 Å². The summed E-state index contributed by atoms with van der Waals surface area (Å²) < 4.78 is 131. The minimum Gasteiger partial charge on any atom is -0.352 e. The van der Waals surface area contributed by atoms with Crippen LogP contribution in [-0.2, 0) is 14.2 Å². The molecule has 3 nitrogen and oxygen atoms in total. The minimum absolute atomic E-state index is 0.142. The second kappa shape index (κ2) is 11.1. The highest BCUT2D eigenvalue weighted by molar-refractivity contribution is 5.36. The molecular formula is C25H30F8O3. The topological polar surface area (TPSA) is 27.7 Å². The summed E-state index contributed by atoms with van der Waals surface area (Å²) in [5, 5.41) is 0. The Balaban J connectivity index is 1.37. The Morgan fingerprint density at radius 2 is 1.58 bits per heavy atom. The third kappa shape index (κ3) is 5.83. The van der Waals surface area contributed by atoms with Crippen LogP contribution in [0.2, 0.25) is 0 Å². The third-order valence-electron chi connectivity index (χ3n) is 7.51. The minimum atomic E-state index is -4.23.